The quantitative estimate of drug-likeness (QED) is 0.362. The summed E-state index contributed by atoms with van der Waals surface area (Å²) < 4.78 is 9.16. The predicted octanol–water partition coefficient (Wildman–Crippen LogP) is 2.86. The molecule has 0 saturated carbocycles. The zero-order valence-electron chi connectivity index (χ0n) is 17.8. The first-order valence-electron chi connectivity index (χ1n) is 10.6. The van der Waals surface area contributed by atoms with Gasteiger partial charge in [0, 0.05) is 31.1 Å². The van der Waals surface area contributed by atoms with E-state index >= 15 is 0 Å². The molecular formula is C21H21N11O. The van der Waals surface area contributed by atoms with Crippen LogP contribution in [0.3, 0.4) is 0 Å². The molecule has 33 heavy (non-hydrogen) atoms. The van der Waals surface area contributed by atoms with Gasteiger partial charge in [0.1, 0.15) is 23.2 Å². The number of anilines is 4. The number of hydrogen-bond donors (Lipinski definition) is 3. The molecule has 166 valence electrons. The Morgan fingerprint density at radius 3 is 2.94 bits per heavy atom. The molecule has 0 unspecified atom stereocenters. The molecule has 1 saturated heterocycles. The molecule has 5 aromatic heterocycles. The lowest BCUT2D eigenvalue weighted by Crippen LogP contribution is -2.08. The zero-order valence-corrected chi connectivity index (χ0v) is 17.8. The standard InChI is InChI=1S/C21H21N11O/c1-13-25-16(9-18(26-13)27-14-10-24-31(11-14)15-5-8-33-12-15)20-21(28-17-4-7-22-30-17)29-19-3-2-6-23-32(19)20/h2-4,6-7,9-11,15H,5,8,12H2,1H3,(H2,22,28,30)(H,25,26,27)/t15-/m1/s1. The van der Waals surface area contributed by atoms with E-state index in [0.29, 0.717) is 46.9 Å². The van der Waals surface area contributed by atoms with Gasteiger partial charge in [-0.05, 0) is 25.5 Å². The molecule has 1 fully saturated rings. The lowest BCUT2D eigenvalue weighted by atomic mass is 10.2. The highest BCUT2D eigenvalue weighted by Crippen LogP contribution is 2.31. The van der Waals surface area contributed by atoms with Gasteiger partial charge in [0.25, 0.3) is 0 Å². The Bertz CT molecular complexity index is 1400. The summed E-state index contributed by atoms with van der Waals surface area (Å²) in [5.74, 6) is 2.59. The third-order valence-electron chi connectivity index (χ3n) is 5.38. The smallest absolute Gasteiger partial charge is 0.162 e. The number of rotatable bonds is 6. The molecule has 0 amide bonds. The van der Waals surface area contributed by atoms with E-state index in [1.165, 1.54) is 0 Å². The van der Waals surface area contributed by atoms with Crippen molar-refractivity contribution in [2.45, 2.75) is 19.4 Å². The number of ether oxygens (including phenoxy) is 1. The molecule has 1 aliphatic heterocycles. The molecule has 0 spiro atoms. The van der Waals surface area contributed by atoms with Crippen LogP contribution < -0.4 is 10.6 Å². The van der Waals surface area contributed by atoms with Crippen molar-refractivity contribution in [3.63, 3.8) is 0 Å². The first-order valence-corrected chi connectivity index (χ1v) is 10.6. The molecule has 6 heterocycles. The first-order chi connectivity index (χ1) is 16.2. The highest BCUT2D eigenvalue weighted by atomic mass is 16.5. The molecule has 0 radical (unpaired) electrons. The van der Waals surface area contributed by atoms with Gasteiger partial charge in [0.05, 0.1) is 36.4 Å². The van der Waals surface area contributed by atoms with Crippen LogP contribution in [0.15, 0.2) is 49.1 Å². The summed E-state index contributed by atoms with van der Waals surface area (Å²) in [6, 6.07) is 7.70. The van der Waals surface area contributed by atoms with Crippen LogP contribution in [-0.2, 0) is 4.74 Å². The molecule has 5 aromatic rings. The molecule has 12 heteroatoms. The Morgan fingerprint density at radius 2 is 2.09 bits per heavy atom. The minimum atomic E-state index is 0.267. The maximum atomic E-state index is 5.47. The maximum Gasteiger partial charge on any atom is 0.162 e. The molecule has 0 aliphatic carbocycles. The molecule has 1 atom stereocenters. The van der Waals surface area contributed by atoms with Crippen LogP contribution in [0.4, 0.5) is 23.1 Å². The Hall–Kier alpha value is -4.32. The molecule has 6 rings (SSSR count). The highest BCUT2D eigenvalue weighted by Gasteiger charge is 2.20. The molecule has 1 aliphatic rings. The first kappa shape index (κ1) is 19.4. The van der Waals surface area contributed by atoms with E-state index in [4.69, 9.17) is 9.72 Å². The van der Waals surface area contributed by atoms with Crippen LogP contribution in [-0.4, -0.2) is 57.8 Å². The molecule has 12 nitrogen and oxygen atoms in total. The number of aromatic nitrogens is 9. The zero-order chi connectivity index (χ0) is 22.2. The number of hydrogen-bond acceptors (Lipinski definition) is 9. The van der Waals surface area contributed by atoms with Gasteiger partial charge >= 0.3 is 0 Å². The average molecular weight is 443 g/mol. The fraction of sp³-hybridized carbons (Fsp3) is 0.238. The Kier molecular flexibility index (Phi) is 4.69. The van der Waals surface area contributed by atoms with Crippen LogP contribution in [0.1, 0.15) is 18.3 Å². The van der Waals surface area contributed by atoms with Gasteiger partial charge in [0.2, 0.25) is 0 Å². The average Bonchev–Trinajstić information content (AvgIpc) is 3.60. The lowest BCUT2D eigenvalue weighted by molar-refractivity contribution is 0.184. The second-order valence-electron chi connectivity index (χ2n) is 7.74. The largest absolute Gasteiger partial charge is 0.379 e. The van der Waals surface area contributed by atoms with Crippen LogP contribution in [0.25, 0.3) is 17.0 Å². The van der Waals surface area contributed by atoms with E-state index in [1.54, 1.807) is 23.1 Å². The van der Waals surface area contributed by atoms with E-state index in [0.717, 1.165) is 18.7 Å². The second kappa shape index (κ2) is 7.98. The SMILES string of the molecule is Cc1nc(Nc2cnn([C@@H]3CCOC3)c2)cc(-c2c(Nc3ccn[nH]3)nc3cccnn23)n1. The minimum Gasteiger partial charge on any atom is -0.379 e. The summed E-state index contributed by atoms with van der Waals surface area (Å²) in [5, 5.41) is 22.5. The third-order valence-corrected chi connectivity index (χ3v) is 5.38. The van der Waals surface area contributed by atoms with Crippen molar-refractivity contribution in [2.24, 2.45) is 0 Å². The maximum absolute atomic E-state index is 5.47. The lowest BCUT2D eigenvalue weighted by Gasteiger charge is -2.09. The van der Waals surface area contributed by atoms with E-state index in [9.17, 15) is 0 Å². The number of H-pyrrole nitrogens is 1. The van der Waals surface area contributed by atoms with Gasteiger partial charge in [-0.3, -0.25) is 9.78 Å². The molecular weight excluding hydrogens is 422 g/mol. The van der Waals surface area contributed by atoms with Crippen LogP contribution in [0.5, 0.6) is 0 Å². The predicted molar refractivity (Wildman–Crippen MR) is 121 cm³/mol. The van der Waals surface area contributed by atoms with Gasteiger partial charge in [0.15, 0.2) is 11.5 Å². The van der Waals surface area contributed by atoms with Crippen molar-refractivity contribution in [2.75, 3.05) is 23.8 Å². The van der Waals surface area contributed by atoms with Gasteiger partial charge in [-0.1, -0.05) is 0 Å². The third kappa shape index (κ3) is 3.76. The highest BCUT2D eigenvalue weighted by molar-refractivity contribution is 5.78. The summed E-state index contributed by atoms with van der Waals surface area (Å²) in [6.07, 6.45) is 8.11. The number of nitrogens with one attached hydrogen (secondary N) is 3. The monoisotopic (exact) mass is 443 g/mol. The van der Waals surface area contributed by atoms with Crippen LogP contribution in [0, 0.1) is 6.92 Å². The number of imidazole rings is 1. The summed E-state index contributed by atoms with van der Waals surface area (Å²) in [5.41, 5.74) is 2.93. The van der Waals surface area contributed by atoms with Crippen molar-refractivity contribution in [3.05, 3.63) is 54.9 Å². The summed E-state index contributed by atoms with van der Waals surface area (Å²) in [4.78, 5) is 13.9. The summed E-state index contributed by atoms with van der Waals surface area (Å²) in [7, 11) is 0. The van der Waals surface area contributed by atoms with Crippen LogP contribution in [0.2, 0.25) is 0 Å². The van der Waals surface area contributed by atoms with Gasteiger partial charge in [-0.15, -0.1) is 0 Å². The van der Waals surface area contributed by atoms with E-state index in [2.05, 4.69) is 41.0 Å². The second-order valence-corrected chi connectivity index (χ2v) is 7.74. The number of fused-ring (bicyclic) bond motifs is 1. The topological polar surface area (TPSA) is 136 Å². The summed E-state index contributed by atoms with van der Waals surface area (Å²) >= 11 is 0. The fourth-order valence-corrected chi connectivity index (χ4v) is 3.89. The van der Waals surface area contributed by atoms with Crippen LogP contribution >= 0.6 is 0 Å². The van der Waals surface area contributed by atoms with Gasteiger partial charge in [-0.2, -0.15) is 15.3 Å². The van der Waals surface area contributed by atoms with E-state index < -0.39 is 0 Å². The van der Waals surface area contributed by atoms with Crippen molar-refractivity contribution in [1.82, 2.24) is 44.5 Å². The van der Waals surface area contributed by atoms with Crippen molar-refractivity contribution < 1.29 is 4.74 Å². The number of aryl methyl sites for hydroxylation is 1. The van der Waals surface area contributed by atoms with Crippen molar-refractivity contribution >= 4 is 28.8 Å². The number of nitrogens with zero attached hydrogens (tertiary/aromatic N) is 8. The fourth-order valence-electron chi connectivity index (χ4n) is 3.89. The summed E-state index contributed by atoms with van der Waals surface area (Å²) in [6.45, 7) is 3.31. The Morgan fingerprint density at radius 1 is 1.12 bits per heavy atom. The number of aromatic amines is 1. The van der Waals surface area contributed by atoms with E-state index in [1.807, 2.05) is 42.1 Å². The molecule has 0 bridgehead atoms. The van der Waals surface area contributed by atoms with Crippen molar-refractivity contribution in [3.8, 4) is 11.4 Å². The van der Waals surface area contributed by atoms with E-state index in [-0.39, 0.29) is 6.04 Å². The van der Waals surface area contributed by atoms with Crippen molar-refractivity contribution in [1.29, 1.82) is 0 Å². The molecule has 0 aromatic carbocycles. The Balaban J connectivity index is 1.37. The normalized spacial score (nSPS) is 15.8. The minimum absolute atomic E-state index is 0.267. The van der Waals surface area contributed by atoms with Gasteiger partial charge < -0.3 is 15.4 Å². The Labute approximate surface area is 188 Å². The molecule has 3 N–H and O–H groups in total. The van der Waals surface area contributed by atoms with Gasteiger partial charge in [-0.25, -0.2) is 19.5 Å².